The Kier molecular flexibility index (Phi) is 8.70. The molecule has 0 saturated heterocycles. The van der Waals surface area contributed by atoms with Crippen molar-refractivity contribution in [2.75, 3.05) is 26.2 Å². The Hall–Kier alpha value is -0.330. The highest BCUT2D eigenvalue weighted by Gasteiger charge is 2.31. The van der Waals surface area contributed by atoms with E-state index in [1.54, 1.807) is 6.92 Å². The minimum atomic E-state index is -4.15. The fraction of sp³-hybridized carbons (Fsp3) is 1.00. The molecule has 0 aliphatic rings. The highest BCUT2D eigenvalue weighted by Crippen LogP contribution is 2.20. The van der Waals surface area contributed by atoms with Crippen molar-refractivity contribution in [2.45, 2.75) is 64.7 Å². The summed E-state index contributed by atoms with van der Waals surface area (Å²) in [5.41, 5.74) is -0.383. The van der Waals surface area contributed by atoms with Crippen LogP contribution in [0.4, 0.5) is 13.2 Å². The van der Waals surface area contributed by atoms with Gasteiger partial charge in [-0.2, -0.15) is 13.2 Å². The third kappa shape index (κ3) is 8.07. The topological polar surface area (TPSA) is 35.5 Å². The lowest BCUT2D eigenvalue weighted by Crippen LogP contribution is -2.51. The zero-order valence-electron chi connectivity index (χ0n) is 13.1. The van der Waals surface area contributed by atoms with Crippen LogP contribution >= 0.6 is 0 Å². The van der Waals surface area contributed by atoms with E-state index in [-0.39, 0.29) is 18.2 Å². The minimum Gasteiger partial charge on any atom is -0.394 e. The third-order valence-electron chi connectivity index (χ3n) is 3.55. The number of nitrogens with one attached hydrogen (secondary N) is 1. The average Bonchev–Trinajstić information content (AvgIpc) is 2.34. The van der Waals surface area contributed by atoms with Crippen LogP contribution in [-0.2, 0) is 0 Å². The number of rotatable bonds is 10. The van der Waals surface area contributed by atoms with Crippen molar-refractivity contribution >= 4 is 0 Å². The Morgan fingerprint density at radius 1 is 1.20 bits per heavy atom. The summed E-state index contributed by atoms with van der Waals surface area (Å²) in [7, 11) is 0. The maximum absolute atomic E-state index is 12.4. The molecule has 0 saturated carbocycles. The molecule has 0 heterocycles. The van der Waals surface area contributed by atoms with Crippen LogP contribution in [0.15, 0.2) is 0 Å². The molecule has 3 nitrogen and oxygen atoms in total. The number of nitrogens with zero attached hydrogens (tertiary/aromatic N) is 1. The van der Waals surface area contributed by atoms with E-state index in [1.165, 1.54) is 4.90 Å². The van der Waals surface area contributed by atoms with Crippen molar-refractivity contribution < 1.29 is 18.3 Å². The van der Waals surface area contributed by atoms with Gasteiger partial charge in [-0.25, -0.2) is 0 Å². The van der Waals surface area contributed by atoms with E-state index in [4.69, 9.17) is 0 Å². The molecule has 0 aromatic carbocycles. The van der Waals surface area contributed by atoms with E-state index in [2.05, 4.69) is 5.32 Å². The summed E-state index contributed by atoms with van der Waals surface area (Å²) in [6.07, 6.45) is -2.08. The van der Waals surface area contributed by atoms with Gasteiger partial charge >= 0.3 is 6.18 Å². The SMILES string of the molecule is CCN(CCCC(CC)(CO)NC(C)C)CC(F)(F)F. The lowest BCUT2D eigenvalue weighted by molar-refractivity contribution is -0.145. The summed E-state index contributed by atoms with van der Waals surface area (Å²) in [5.74, 6) is 0. The van der Waals surface area contributed by atoms with Crippen LogP contribution in [0.1, 0.15) is 47.0 Å². The lowest BCUT2D eigenvalue weighted by Gasteiger charge is -2.35. The maximum Gasteiger partial charge on any atom is 0.401 e. The predicted octanol–water partition coefficient (Wildman–Crippen LogP) is 2.79. The van der Waals surface area contributed by atoms with Gasteiger partial charge in [0.2, 0.25) is 0 Å². The molecular weight excluding hydrogens is 269 g/mol. The van der Waals surface area contributed by atoms with Crippen molar-refractivity contribution in [3.63, 3.8) is 0 Å². The largest absolute Gasteiger partial charge is 0.401 e. The molecule has 0 radical (unpaired) electrons. The Morgan fingerprint density at radius 2 is 1.80 bits per heavy atom. The van der Waals surface area contributed by atoms with Crippen LogP contribution in [-0.4, -0.2) is 54.0 Å². The lowest BCUT2D eigenvalue weighted by atomic mass is 9.90. The first kappa shape index (κ1) is 19.7. The molecule has 0 fully saturated rings. The average molecular weight is 298 g/mol. The fourth-order valence-corrected chi connectivity index (χ4v) is 2.44. The second kappa shape index (κ2) is 8.85. The highest BCUT2D eigenvalue weighted by atomic mass is 19.4. The van der Waals surface area contributed by atoms with E-state index in [0.717, 1.165) is 6.42 Å². The fourth-order valence-electron chi connectivity index (χ4n) is 2.44. The van der Waals surface area contributed by atoms with Crippen LogP contribution in [0.3, 0.4) is 0 Å². The Bertz CT molecular complexity index is 253. The van der Waals surface area contributed by atoms with Crippen LogP contribution in [0.2, 0.25) is 0 Å². The summed E-state index contributed by atoms with van der Waals surface area (Å²) in [6, 6.07) is 0.236. The first-order valence-electron chi connectivity index (χ1n) is 7.35. The van der Waals surface area contributed by atoms with Crippen LogP contribution in [0.5, 0.6) is 0 Å². The molecule has 20 heavy (non-hydrogen) atoms. The van der Waals surface area contributed by atoms with E-state index in [9.17, 15) is 18.3 Å². The van der Waals surface area contributed by atoms with Crippen molar-refractivity contribution in [2.24, 2.45) is 0 Å². The number of alkyl halides is 3. The van der Waals surface area contributed by atoms with Crippen LogP contribution < -0.4 is 5.32 Å². The number of aliphatic hydroxyl groups is 1. The molecule has 2 N–H and O–H groups in total. The molecule has 0 aliphatic carbocycles. The molecule has 0 spiro atoms. The van der Waals surface area contributed by atoms with Gasteiger partial charge in [0.25, 0.3) is 0 Å². The maximum atomic E-state index is 12.4. The molecular formula is C14H29F3N2O. The second-order valence-corrected chi connectivity index (χ2v) is 5.68. The van der Waals surface area contributed by atoms with Crippen molar-refractivity contribution in [3.8, 4) is 0 Å². The van der Waals surface area contributed by atoms with E-state index in [0.29, 0.717) is 25.9 Å². The highest BCUT2D eigenvalue weighted by molar-refractivity contribution is 4.87. The van der Waals surface area contributed by atoms with Gasteiger partial charge in [-0.05, 0) is 32.4 Å². The Balaban J connectivity index is 4.34. The first-order chi connectivity index (χ1) is 9.18. The first-order valence-corrected chi connectivity index (χ1v) is 7.35. The quantitative estimate of drug-likeness (QED) is 0.651. The smallest absolute Gasteiger partial charge is 0.394 e. The molecule has 0 aromatic rings. The van der Waals surface area contributed by atoms with Gasteiger partial charge in [-0.1, -0.05) is 27.7 Å². The van der Waals surface area contributed by atoms with Crippen molar-refractivity contribution in [1.29, 1.82) is 0 Å². The van der Waals surface area contributed by atoms with E-state index < -0.39 is 12.7 Å². The monoisotopic (exact) mass is 298 g/mol. The molecule has 1 atom stereocenters. The molecule has 0 bridgehead atoms. The van der Waals surface area contributed by atoms with Gasteiger partial charge in [0.15, 0.2) is 0 Å². The standard InChI is InChI=1S/C14H29F3N2O/c1-5-13(11-20,18-12(3)4)8-7-9-19(6-2)10-14(15,16)17/h12,18,20H,5-11H2,1-4H3. The van der Waals surface area contributed by atoms with Gasteiger partial charge in [-0.15, -0.1) is 0 Å². The van der Waals surface area contributed by atoms with Crippen LogP contribution in [0.25, 0.3) is 0 Å². The minimum absolute atomic E-state index is 0.00702. The van der Waals surface area contributed by atoms with E-state index >= 15 is 0 Å². The summed E-state index contributed by atoms with van der Waals surface area (Å²) in [5, 5.41) is 12.9. The number of hydrogen-bond acceptors (Lipinski definition) is 3. The number of aliphatic hydroxyl groups excluding tert-OH is 1. The zero-order valence-corrected chi connectivity index (χ0v) is 13.1. The molecule has 122 valence electrons. The number of halogens is 3. The van der Waals surface area contributed by atoms with Crippen LogP contribution in [0, 0.1) is 0 Å². The zero-order chi connectivity index (χ0) is 15.8. The Morgan fingerprint density at radius 3 is 2.15 bits per heavy atom. The molecule has 0 rings (SSSR count). The predicted molar refractivity (Wildman–Crippen MR) is 75.8 cm³/mol. The van der Waals surface area contributed by atoms with Gasteiger partial charge in [0.1, 0.15) is 0 Å². The van der Waals surface area contributed by atoms with Crippen molar-refractivity contribution in [1.82, 2.24) is 10.2 Å². The summed E-state index contributed by atoms with van der Waals surface area (Å²) in [4.78, 5) is 1.40. The molecule has 0 aromatic heterocycles. The summed E-state index contributed by atoms with van der Waals surface area (Å²) in [6.45, 7) is 7.65. The number of hydrogen-bond donors (Lipinski definition) is 2. The summed E-state index contributed by atoms with van der Waals surface area (Å²) >= 11 is 0. The molecule has 0 aliphatic heterocycles. The van der Waals surface area contributed by atoms with Gasteiger partial charge in [-0.3, -0.25) is 4.90 Å². The van der Waals surface area contributed by atoms with Crippen molar-refractivity contribution in [3.05, 3.63) is 0 Å². The Labute approximate surface area is 120 Å². The molecule has 6 heteroatoms. The van der Waals surface area contributed by atoms with E-state index in [1.807, 2.05) is 20.8 Å². The second-order valence-electron chi connectivity index (χ2n) is 5.68. The molecule has 0 amide bonds. The van der Waals surface area contributed by atoms with Gasteiger partial charge in [0.05, 0.1) is 13.2 Å². The summed E-state index contributed by atoms with van der Waals surface area (Å²) < 4.78 is 37.1. The third-order valence-corrected chi connectivity index (χ3v) is 3.55. The molecule has 1 unspecified atom stereocenters. The normalized spacial score (nSPS) is 15.9. The van der Waals surface area contributed by atoms with Gasteiger partial charge < -0.3 is 10.4 Å². The van der Waals surface area contributed by atoms with Gasteiger partial charge in [0, 0.05) is 11.6 Å².